The maximum atomic E-state index is 13.5. The molecule has 0 spiro atoms. The number of rotatable bonds is 6. The minimum absolute atomic E-state index is 0.0208. The van der Waals surface area contributed by atoms with Crippen molar-refractivity contribution in [3.8, 4) is 0 Å². The number of nitrogens with one attached hydrogen (secondary N) is 3. The Labute approximate surface area is 161 Å². The summed E-state index contributed by atoms with van der Waals surface area (Å²) in [5.41, 5.74) is 5.47. The fourth-order valence-corrected chi connectivity index (χ4v) is 2.34. The molecule has 0 aromatic heterocycles. The van der Waals surface area contributed by atoms with Crippen molar-refractivity contribution < 1.29 is 22.8 Å². The minimum Gasteiger partial charge on any atom is -0.352 e. The van der Waals surface area contributed by atoms with Crippen LogP contribution in [0, 0.1) is 17.5 Å². The van der Waals surface area contributed by atoms with Crippen molar-refractivity contribution in [2.45, 2.75) is 32.6 Å². The first-order valence-electron chi connectivity index (χ1n) is 8.66. The Morgan fingerprint density at radius 3 is 2.18 bits per heavy atom. The van der Waals surface area contributed by atoms with Gasteiger partial charge in [-0.3, -0.25) is 20.4 Å². The molecule has 3 N–H and O–H groups in total. The van der Waals surface area contributed by atoms with Crippen molar-refractivity contribution in [1.82, 2.24) is 10.7 Å². The Morgan fingerprint density at radius 1 is 0.929 bits per heavy atom. The molecule has 0 unspecified atom stereocenters. The molecule has 2 aromatic rings. The first kappa shape index (κ1) is 21.3. The van der Waals surface area contributed by atoms with Gasteiger partial charge in [0, 0.05) is 18.5 Å². The van der Waals surface area contributed by atoms with E-state index in [1.165, 1.54) is 0 Å². The molecule has 8 heteroatoms. The number of hydrazine groups is 1. The summed E-state index contributed by atoms with van der Waals surface area (Å²) in [6.07, 6.45) is -0.0931. The summed E-state index contributed by atoms with van der Waals surface area (Å²) in [5, 5.41) is 2.60. The molecule has 0 fully saturated rings. The predicted octanol–water partition coefficient (Wildman–Crippen LogP) is 3.66. The average molecular weight is 393 g/mol. The Morgan fingerprint density at radius 2 is 1.57 bits per heavy atom. The molecule has 2 aromatic carbocycles. The summed E-state index contributed by atoms with van der Waals surface area (Å²) in [6, 6.07) is 8.87. The number of benzene rings is 2. The van der Waals surface area contributed by atoms with Gasteiger partial charge in [-0.1, -0.05) is 32.9 Å². The smallest absolute Gasteiger partial charge is 0.251 e. The summed E-state index contributed by atoms with van der Waals surface area (Å²) < 4.78 is 39.4. The van der Waals surface area contributed by atoms with E-state index in [4.69, 9.17) is 0 Å². The molecule has 0 heterocycles. The lowest BCUT2D eigenvalue weighted by atomic mass is 9.87. The van der Waals surface area contributed by atoms with E-state index in [2.05, 4.69) is 36.9 Å². The molecular weight excluding hydrogens is 371 g/mol. The quantitative estimate of drug-likeness (QED) is 0.518. The number of anilines is 1. The number of halogens is 3. The van der Waals surface area contributed by atoms with Crippen LogP contribution >= 0.6 is 0 Å². The summed E-state index contributed by atoms with van der Waals surface area (Å²) in [6.45, 7) is 6.26. The summed E-state index contributed by atoms with van der Waals surface area (Å²) in [7, 11) is 0. The third-order valence-corrected chi connectivity index (χ3v) is 4.02. The molecule has 0 saturated heterocycles. The third kappa shape index (κ3) is 5.48. The molecule has 0 atom stereocenters. The van der Waals surface area contributed by atoms with Gasteiger partial charge in [-0.25, -0.2) is 13.2 Å². The molecule has 2 amide bonds. The van der Waals surface area contributed by atoms with Crippen molar-refractivity contribution in [3.05, 3.63) is 65.0 Å². The van der Waals surface area contributed by atoms with E-state index in [0.29, 0.717) is 5.56 Å². The van der Waals surface area contributed by atoms with Crippen LogP contribution in [0.2, 0.25) is 0 Å². The van der Waals surface area contributed by atoms with Crippen LogP contribution in [0.5, 0.6) is 0 Å². The van der Waals surface area contributed by atoms with Crippen LogP contribution in [0.3, 0.4) is 0 Å². The van der Waals surface area contributed by atoms with E-state index in [9.17, 15) is 22.8 Å². The highest BCUT2D eigenvalue weighted by molar-refractivity contribution is 5.94. The topological polar surface area (TPSA) is 70.2 Å². The molecule has 0 saturated carbocycles. The van der Waals surface area contributed by atoms with Gasteiger partial charge in [0.05, 0.1) is 5.69 Å². The number of hydrogen-bond donors (Lipinski definition) is 3. The summed E-state index contributed by atoms with van der Waals surface area (Å²) in [5.74, 6) is -5.29. The maximum absolute atomic E-state index is 13.5. The van der Waals surface area contributed by atoms with Gasteiger partial charge in [-0.05, 0) is 35.2 Å². The molecule has 28 heavy (non-hydrogen) atoms. The van der Waals surface area contributed by atoms with Gasteiger partial charge < -0.3 is 5.32 Å². The van der Waals surface area contributed by atoms with Crippen LogP contribution < -0.4 is 16.2 Å². The third-order valence-electron chi connectivity index (χ3n) is 4.02. The van der Waals surface area contributed by atoms with Crippen LogP contribution in [0.15, 0.2) is 36.4 Å². The molecular formula is C20H22F3N3O2. The highest BCUT2D eigenvalue weighted by atomic mass is 19.2. The molecule has 5 nitrogen and oxygen atoms in total. The van der Waals surface area contributed by atoms with E-state index in [-0.39, 0.29) is 24.3 Å². The van der Waals surface area contributed by atoms with Crippen LogP contribution in [-0.4, -0.2) is 18.4 Å². The molecule has 0 radical (unpaired) electrons. The van der Waals surface area contributed by atoms with Crippen molar-refractivity contribution in [2.75, 3.05) is 12.0 Å². The lowest BCUT2D eigenvalue weighted by Gasteiger charge is -2.19. The fourth-order valence-electron chi connectivity index (χ4n) is 2.34. The van der Waals surface area contributed by atoms with Crippen molar-refractivity contribution in [1.29, 1.82) is 0 Å². The number of carbonyl (C=O) groups excluding carboxylic acids is 2. The second-order valence-electron chi connectivity index (χ2n) is 7.23. The van der Waals surface area contributed by atoms with Gasteiger partial charge in [0.1, 0.15) is 0 Å². The van der Waals surface area contributed by atoms with Crippen molar-refractivity contribution >= 4 is 17.5 Å². The zero-order valence-electron chi connectivity index (χ0n) is 15.8. The SMILES string of the molecule is CC(C)(C)c1ccc(C(=O)NCCC(=O)NNc2ccc(F)c(F)c2F)cc1. The Bertz CT molecular complexity index is 862. The molecule has 0 aliphatic carbocycles. The van der Waals surface area contributed by atoms with E-state index < -0.39 is 29.0 Å². The van der Waals surface area contributed by atoms with Gasteiger partial charge in [0.15, 0.2) is 17.5 Å². The second-order valence-corrected chi connectivity index (χ2v) is 7.23. The number of carbonyl (C=O) groups is 2. The minimum atomic E-state index is -1.64. The summed E-state index contributed by atoms with van der Waals surface area (Å²) in [4.78, 5) is 23.8. The average Bonchev–Trinajstić information content (AvgIpc) is 2.65. The largest absolute Gasteiger partial charge is 0.352 e. The Kier molecular flexibility index (Phi) is 6.66. The standard InChI is InChI=1S/C20H22F3N3O2/c1-20(2,3)13-6-4-12(5-7-13)19(28)24-11-10-16(27)26-25-15-9-8-14(21)17(22)18(15)23/h4-9,25H,10-11H2,1-3H3,(H,24,28)(H,26,27). The maximum Gasteiger partial charge on any atom is 0.251 e. The zero-order chi connectivity index (χ0) is 20.9. The fraction of sp³-hybridized carbons (Fsp3) is 0.300. The van der Waals surface area contributed by atoms with E-state index in [1.807, 2.05) is 12.1 Å². The van der Waals surface area contributed by atoms with Gasteiger partial charge in [0.2, 0.25) is 5.91 Å². The van der Waals surface area contributed by atoms with E-state index in [0.717, 1.165) is 17.7 Å². The van der Waals surface area contributed by atoms with Gasteiger partial charge in [0.25, 0.3) is 5.91 Å². The second kappa shape index (κ2) is 8.77. The number of amides is 2. The van der Waals surface area contributed by atoms with Crippen molar-refractivity contribution in [3.63, 3.8) is 0 Å². The first-order chi connectivity index (χ1) is 13.1. The molecule has 0 bridgehead atoms. The lowest BCUT2D eigenvalue weighted by molar-refractivity contribution is -0.120. The van der Waals surface area contributed by atoms with Crippen LogP contribution in [0.4, 0.5) is 18.9 Å². The van der Waals surface area contributed by atoms with E-state index >= 15 is 0 Å². The van der Waals surface area contributed by atoms with Gasteiger partial charge in [-0.2, -0.15) is 0 Å². The van der Waals surface area contributed by atoms with Gasteiger partial charge >= 0.3 is 0 Å². The normalized spacial score (nSPS) is 11.1. The van der Waals surface area contributed by atoms with Crippen LogP contribution in [-0.2, 0) is 10.2 Å². The molecule has 0 aliphatic rings. The molecule has 0 aliphatic heterocycles. The Hall–Kier alpha value is -3.03. The lowest BCUT2D eigenvalue weighted by Crippen LogP contribution is -2.34. The van der Waals surface area contributed by atoms with Crippen molar-refractivity contribution in [2.24, 2.45) is 0 Å². The van der Waals surface area contributed by atoms with Crippen LogP contribution in [0.1, 0.15) is 43.1 Å². The zero-order valence-corrected chi connectivity index (χ0v) is 15.8. The molecule has 2 rings (SSSR count). The predicted molar refractivity (Wildman–Crippen MR) is 100 cm³/mol. The highest BCUT2D eigenvalue weighted by Gasteiger charge is 2.15. The van der Waals surface area contributed by atoms with E-state index in [1.54, 1.807) is 12.1 Å². The summed E-state index contributed by atoms with van der Waals surface area (Å²) >= 11 is 0. The van der Waals surface area contributed by atoms with Gasteiger partial charge in [-0.15, -0.1) is 0 Å². The Balaban J connectivity index is 1.79. The number of hydrogen-bond acceptors (Lipinski definition) is 3. The monoisotopic (exact) mass is 393 g/mol. The molecule has 150 valence electrons. The van der Waals surface area contributed by atoms with Crippen LogP contribution in [0.25, 0.3) is 0 Å². The first-order valence-corrected chi connectivity index (χ1v) is 8.66. The highest BCUT2D eigenvalue weighted by Crippen LogP contribution is 2.22.